The Labute approximate surface area is 117 Å². The Balaban J connectivity index is 2.20. The number of esters is 1. The van der Waals surface area contributed by atoms with E-state index in [0.29, 0.717) is 6.61 Å². The molecule has 0 saturated heterocycles. The van der Waals surface area contributed by atoms with Crippen LogP contribution in [-0.2, 0) is 9.53 Å². The minimum absolute atomic E-state index is 0.218. The molecular weight excluding hydrogens is 316 g/mol. The zero-order valence-electron chi connectivity index (χ0n) is 9.72. The highest BCUT2D eigenvalue weighted by atomic mass is 79.9. The molecule has 2 aromatic rings. The highest BCUT2D eigenvalue weighted by Gasteiger charge is 2.08. The van der Waals surface area contributed by atoms with Crippen molar-refractivity contribution in [2.45, 2.75) is 11.8 Å². The number of hydrogen-bond donors (Lipinski definition) is 0. The van der Waals surface area contributed by atoms with Crippen LogP contribution in [0.1, 0.15) is 6.92 Å². The molecule has 2 heterocycles. The predicted molar refractivity (Wildman–Crippen MR) is 74.6 cm³/mol. The van der Waals surface area contributed by atoms with E-state index >= 15 is 0 Å². The minimum Gasteiger partial charge on any atom is -0.465 e. The van der Waals surface area contributed by atoms with E-state index in [-0.39, 0.29) is 11.7 Å². The lowest BCUT2D eigenvalue weighted by atomic mass is 10.3. The van der Waals surface area contributed by atoms with Gasteiger partial charge in [0, 0.05) is 21.8 Å². The van der Waals surface area contributed by atoms with Gasteiger partial charge in [-0.05, 0) is 35.0 Å². The number of ether oxygens (including phenoxy) is 1. The van der Waals surface area contributed by atoms with Crippen LogP contribution < -0.4 is 0 Å². The summed E-state index contributed by atoms with van der Waals surface area (Å²) < 4.78 is 5.78. The first-order chi connectivity index (χ1) is 8.70. The molecule has 0 bridgehead atoms. The highest BCUT2D eigenvalue weighted by Crippen LogP contribution is 2.26. The smallest absolute Gasteiger partial charge is 0.316 e. The lowest BCUT2D eigenvalue weighted by molar-refractivity contribution is -0.139. The molecule has 2 rings (SSSR count). The van der Waals surface area contributed by atoms with Crippen LogP contribution >= 0.6 is 27.7 Å². The number of carbonyl (C=O) groups is 1. The molecule has 94 valence electrons. The van der Waals surface area contributed by atoms with E-state index in [1.807, 2.05) is 12.1 Å². The van der Waals surface area contributed by atoms with Gasteiger partial charge in [-0.1, -0.05) is 0 Å². The summed E-state index contributed by atoms with van der Waals surface area (Å²) in [5.74, 6) is 0.0645. The second-order valence-corrected chi connectivity index (χ2v) is 5.36. The molecule has 18 heavy (non-hydrogen) atoms. The van der Waals surface area contributed by atoms with Gasteiger partial charge in [0.15, 0.2) is 0 Å². The largest absolute Gasteiger partial charge is 0.465 e. The van der Waals surface area contributed by atoms with Crippen molar-refractivity contribution in [3.05, 3.63) is 29.0 Å². The first kappa shape index (κ1) is 13.3. The van der Waals surface area contributed by atoms with Gasteiger partial charge >= 0.3 is 5.97 Å². The predicted octanol–water partition coefficient (Wildman–Crippen LogP) is 3.05. The van der Waals surface area contributed by atoms with Crippen LogP contribution in [0.25, 0.3) is 11.0 Å². The zero-order valence-corrected chi connectivity index (χ0v) is 12.1. The molecule has 0 spiro atoms. The summed E-state index contributed by atoms with van der Waals surface area (Å²) in [7, 11) is 0. The van der Waals surface area contributed by atoms with Crippen LogP contribution in [0.15, 0.2) is 33.9 Å². The molecular formula is C12H11BrN2O2S. The van der Waals surface area contributed by atoms with Crippen molar-refractivity contribution in [1.29, 1.82) is 0 Å². The third-order valence-electron chi connectivity index (χ3n) is 2.16. The lowest BCUT2D eigenvalue weighted by Crippen LogP contribution is -2.06. The summed E-state index contributed by atoms with van der Waals surface area (Å²) in [5, 5.41) is 0. The monoisotopic (exact) mass is 326 g/mol. The fraction of sp³-hybridized carbons (Fsp3) is 0.250. The highest BCUT2D eigenvalue weighted by molar-refractivity contribution is 9.10. The molecule has 0 atom stereocenters. The van der Waals surface area contributed by atoms with Gasteiger partial charge in [-0.2, -0.15) is 0 Å². The minimum atomic E-state index is -0.218. The maximum absolute atomic E-state index is 11.3. The van der Waals surface area contributed by atoms with E-state index < -0.39 is 0 Å². The summed E-state index contributed by atoms with van der Waals surface area (Å²) in [5.41, 5.74) is 1.60. The van der Waals surface area contributed by atoms with Crippen LogP contribution in [0.4, 0.5) is 0 Å². The van der Waals surface area contributed by atoms with Crippen molar-refractivity contribution in [3.8, 4) is 0 Å². The summed E-state index contributed by atoms with van der Waals surface area (Å²) in [4.78, 5) is 20.8. The van der Waals surface area contributed by atoms with E-state index in [4.69, 9.17) is 4.74 Å². The molecule has 0 aliphatic carbocycles. The summed E-state index contributed by atoms with van der Waals surface area (Å²) in [6, 6.07) is 3.75. The Morgan fingerprint density at radius 1 is 1.50 bits per heavy atom. The topological polar surface area (TPSA) is 52.1 Å². The van der Waals surface area contributed by atoms with Crippen molar-refractivity contribution in [3.63, 3.8) is 0 Å². The number of halogens is 1. The number of hydrogen-bond acceptors (Lipinski definition) is 5. The van der Waals surface area contributed by atoms with Crippen molar-refractivity contribution < 1.29 is 9.53 Å². The second-order valence-electron chi connectivity index (χ2n) is 3.42. The van der Waals surface area contributed by atoms with Crippen molar-refractivity contribution in [1.82, 2.24) is 9.97 Å². The van der Waals surface area contributed by atoms with E-state index in [1.54, 1.807) is 19.3 Å². The van der Waals surface area contributed by atoms with Crippen molar-refractivity contribution in [2.75, 3.05) is 12.4 Å². The van der Waals surface area contributed by atoms with Gasteiger partial charge < -0.3 is 4.74 Å². The molecule has 0 aromatic carbocycles. The fourth-order valence-electron chi connectivity index (χ4n) is 1.44. The van der Waals surface area contributed by atoms with E-state index in [0.717, 1.165) is 20.4 Å². The number of pyridine rings is 2. The van der Waals surface area contributed by atoms with E-state index in [2.05, 4.69) is 25.9 Å². The average Bonchev–Trinajstić information content (AvgIpc) is 2.36. The number of carbonyl (C=O) groups excluding carboxylic acids is 1. The quantitative estimate of drug-likeness (QED) is 0.638. The van der Waals surface area contributed by atoms with Crippen LogP contribution in [0.5, 0.6) is 0 Å². The molecule has 6 heteroatoms. The number of rotatable bonds is 4. The normalized spacial score (nSPS) is 10.6. The van der Waals surface area contributed by atoms with Gasteiger partial charge in [-0.3, -0.25) is 14.8 Å². The fourth-order valence-corrected chi connectivity index (χ4v) is 2.56. The third-order valence-corrected chi connectivity index (χ3v) is 3.61. The molecule has 0 amide bonds. The maximum atomic E-state index is 11.3. The van der Waals surface area contributed by atoms with Crippen molar-refractivity contribution >= 4 is 44.7 Å². The van der Waals surface area contributed by atoms with Crippen LogP contribution in [0.2, 0.25) is 0 Å². The van der Waals surface area contributed by atoms with Gasteiger partial charge in [0.25, 0.3) is 0 Å². The molecule has 4 nitrogen and oxygen atoms in total. The second kappa shape index (κ2) is 6.15. The Hall–Kier alpha value is -1.14. The molecule has 0 N–H and O–H groups in total. The summed E-state index contributed by atoms with van der Waals surface area (Å²) in [6.45, 7) is 2.20. The molecule has 0 unspecified atom stereocenters. The Bertz CT molecular complexity index is 577. The SMILES string of the molecule is CCOC(=O)CSc1ccnc2cc(Br)cnc12. The molecule has 0 fully saturated rings. The Morgan fingerprint density at radius 3 is 3.11 bits per heavy atom. The van der Waals surface area contributed by atoms with Gasteiger partial charge in [0.1, 0.15) is 5.52 Å². The van der Waals surface area contributed by atoms with Gasteiger partial charge in [0.2, 0.25) is 0 Å². The van der Waals surface area contributed by atoms with Crippen LogP contribution in [0, 0.1) is 0 Å². The van der Waals surface area contributed by atoms with Crippen molar-refractivity contribution in [2.24, 2.45) is 0 Å². The molecule has 0 saturated carbocycles. The maximum Gasteiger partial charge on any atom is 0.316 e. The number of nitrogens with zero attached hydrogens (tertiary/aromatic N) is 2. The zero-order chi connectivity index (χ0) is 13.0. The Kier molecular flexibility index (Phi) is 4.54. The molecule has 0 radical (unpaired) electrons. The van der Waals surface area contributed by atoms with E-state index in [9.17, 15) is 4.79 Å². The standard InChI is InChI=1S/C12H11BrN2O2S/c1-2-17-11(16)7-18-10-3-4-14-9-5-8(13)6-15-12(9)10/h3-6H,2,7H2,1H3. The number of thioether (sulfide) groups is 1. The van der Waals surface area contributed by atoms with Gasteiger partial charge in [-0.15, -0.1) is 11.8 Å². The summed E-state index contributed by atoms with van der Waals surface area (Å²) in [6.07, 6.45) is 3.43. The van der Waals surface area contributed by atoms with E-state index in [1.165, 1.54) is 11.8 Å². The molecule has 0 aliphatic heterocycles. The average molecular weight is 327 g/mol. The van der Waals surface area contributed by atoms with Crippen LogP contribution in [-0.4, -0.2) is 28.3 Å². The number of fused-ring (bicyclic) bond motifs is 1. The lowest BCUT2D eigenvalue weighted by Gasteiger charge is -2.05. The number of aromatic nitrogens is 2. The Morgan fingerprint density at radius 2 is 2.33 bits per heavy atom. The van der Waals surface area contributed by atoms with Crippen LogP contribution in [0.3, 0.4) is 0 Å². The van der Waals surface area contributed by atoms with Gasteiger partial charge in [0.05, 0.1) is 17.9 Å². The van der Waals surface area contributed by atoms with Gasteiger partial charge in [-0.25, -0.2) is 0 Å². The third kappa shape index (κ3) is 3.20. The first-order valence-corrected chi connectivity index (χ1v) is 7.17. The first-order valence-electron chi connectivity index (χ1n) is 5.39. The molecule has 0 aliphatic rings. The molecule has 2 aromatic heterocycles. The summed E-state index contributed by atoms with van der Waals surface area (Å²) >= 11 is 4.77.